The monoisotopic (exact) mass is 288 g/mol. The molecule has 0 aliphatic heterocycles. The lowest BCUT2D eigenvalue weighted by Gasteiger charge is -2.08. The lowest BCUT2D eigenvalue weighted by molar-refractivity contribution is 0.781. The van der Waals surface area contributed by atoms with Crippen molar-refractivity contribution in [3.63, 3.8) is 0 Å². The van der Waals surface area contributed by atoms with E-state index < -0.39 is 0 Å². The number of rotatable bonds is 3. The number of hydrogen-bond donors (Lipinski definition) is 0. The summed E-state index contributed by atoms with van der Waals surface area (Å²) >= 11 is 3.56. The minimum atomic E-state index is 0.584. The van der Waals surface area contributed by atoms with Crippen molar-refractivity contribution in [3.05, 3.63) is 53.6 Å². The number of allylic oxidation sites excluding steroid dienone is 1. The molecule has 2 rings (SSSR count). The molecule has 0 atom stereocenters. The molecule has 0 amide bonds. The minimum Gasteiger partial charge on any atom is -0.0880 e. The summed E-state index contributed by atoms with van der Waals surface area (Å²) in [6.45, 7) is 4.46. The summed E-state index contributed by atoms with van der Waals surface area (Å²) in [6.07, 6.45) is 2.28. The molecule has 2 aromatic rings. The average Bonchev–Trinajstić information content (AvgIpc) is 2.35. The van der Waals surface area contributed by atoms with E-state index in [1.54, 1.807) is 0 Å². The third-order valence-electron chi connectivity index (χ3n) is 3.02. The van der Waals surface area contributed by atoms with Gasteiger partial charge < -0.3 is 0 Å². The Balaban J connectivity index is 2.43. The predicted octanol–water partition coefficient (Wildman–Crippen LogP) is 5.27. The SMILES string of the molecule is CC(C)C(=Cc1ccc2ccccc2c1)CBr. The first kappa shape index (κ1) is 12.4. The Hall–Kier alpha value is -1.08. The van der Waals surface area contributed by atoms with Crippen LogP contribution in [0.1, 0.15) is 19.4 Å². The molecule has 0 aliphatic rings. The second-order valence-corrected chi connectivity index (χ2v) is 5.17. The van der Waals surface area contributed by atoms with Crippen LogP contribution in [0.15, 0.2) is 48.0 Å². The first-order valence-corrected chi connectivity index (χ1v) is 7.08. The molecule has 1 heteroatoms. The van der Waals surface area contributed by atoms with Crippen LogP contribution in [0.25, 0.3) is 16.8 Å². The summed E-state index contributed by atoms with van der Waals surface area (Å²) in [6, 6.07) is 15.1. The van der Waals surface area contributed by atoms with E-state index in [1.165, 1.54) is 21.9 Å². The maximum absolute atomic E-state index is 3.56. The van der Waals surface area contributed by atoms with E-state index >= 15 is 0 Å². The van der Waals surface area contributed by atoms with Crippen molar-refractivity contribution >= 4 is 32.8 Å². The summed E-state index contributed by atoms with van der Waals surface area (Å²) in [5.41, 5.74) is 2.71. The van der Waals surface area contributed by atoms with Gasteiger partial charge in [0.2, 0.25) is 0 Å². The van der Waals surface area contributed by atoms with Crippen LogP contribution in [0.4, 0.5) is 0 Å². The van der Waals surface area contributed by atoms with Crippen molar-refractivity contribution in [1.82, 2.24) is 0 Å². The maximum Gasteiger partial charge on any atom is 0.0247 e. The van der Waals surface area contributed by atoms with Crippen LogP contribution in [0.2, 0.25) is 0 Å². The molecule has 0 unspecified atom stereocenters. The molecule has 0 nitrogen and oxygen atoms in total. The van der Waals surface area contributed by atoms with Crippen LogP contribution in [0, 0.1) is 5.92 Å². The van der Waals surface area contributed by atoms with Gasteiger partial charge in [0.05, 0.1) is 0 Å². The number of fused-ring (bicyclic) bond motifs is 1. The highest BCUT2D eigenvalue weighted by molar-refractivity contribution is 9.09. The summed E-state index contributed by atoms with van der Waals surface area (Å²) in [7, 11) is 0. The number of alkyl halides is 1. The Morgan fingerprint density at radius 2 is 1.82 bits per heavy atom. The van der Waals surface area contributed by atoms with Gasteiger partial charge in [-0.1, -0.05) is 77.8 Å². The van der Waals surface area contributed by atoms with Gasteiger partial charge in [-0.15, -0.1) is 0 Å². The summed E-state index contributed by atoms with van der Waals surface area (Å²) in [5.74, 6) is 0.584. The molecule has 0 fully saturated rings. The van der Waals surface area contributed by atoms with Gasteiger partial charge in [-0.25, -0.2) is 0 Å². The van der Waals surface area contributed by atoms with E-state index in [2.05, 4.69) is 78.3 Å². The molecule has 0 saturated carbocycles. The van der Waals surface area contributed by atoms with E-state index in [0.717, 1.165) is 5.33 Å². The standard InChI is InChI=1S/C16H17Br/c1-12(2)16(11-17)10-13-7-8-14-5-3-4-6-15(14)9-13/h3-10,12H,11H2,1-2H3. The van der Waals surface area contributed by atoms with Crippen molar-refractivity contribution in [3.8, 4) is 0 Å². The largest absolute Gasteiger partial charge is 0.0880 e. The van der Waals surface area contributed by atoms with Gasteiger partial charge in [-0.05, 0) is 28.3 Å². The lowest BCUT2D eigenvalue weighted by atomic mass is 10.0. The quantitative estimate of drug-likeness (QED) is 0.675. The van der Waals surface area contributed by atoms with Gasteiger partial charge in [-0.2, -0.15) is 0 Å². The molecule has 0 bridgehead atoms. The van der Waals surface area contributed by atoms with Crippen LogP contribution in [-0.4, -0.2) is 5.33 Å². The second-order valence-electron chi connectivity index (χ2n) is 4.61. The van der Waals surface area contributed by atoms with E-state index in [1.807, 2.05) is 0 Å². The molecule has 0 aromatic heterocycles. The molecule has 88 valence electrons. The Morgan fingerprint density at radius 3 is 2.47 bits per heavy atom. The highest BCUT2D eigenvalue weighted by Crippen LogP contribution is 2.20. The average molecular weight is 289 g/mol. The fourth-order valence-corrected chi connectivity index (χ4v) is 2.68. The van der Waals surface area contributed by atoms with Crippen LogP contribution in [-0.2, 0) is 0 Å². The third kappa shape index (κ3) is 2.98. The molecule has 0 spiro atoms. The molecular formula is C16H17Br. The smallest absolute Gasteiger partial charge is 0.0247 e. The summed E-state index contributed by atoms with van der Waals surface area (Å²) in [5, 5.41) is 3.55. The van der Waals surface area contributed by atoms with E-state index in [0.29, 0.717) is 5.92 Å². The molecule has 0 heterocycles. The second kappa shape index (κ2) is 5.50. The van der Waals surface area contributed by atoms with Crippen LogP contribution in [0.3, 0.4) is 0 Å². The fraction of sp³-hybridized carbons (Fsp3) is 0.250. The van der Waals surface area contributed by atoms with Gasteiger partial charge in [0.15, 0.2) is 0 Å². The zero-order chi connectivity index (χ0) is 12.3. The van der Waals surface area contributed by atoms with Gasteiger partial charge in [0.1, 0.15) is 0 Å². The highest BCUT2D eigenvalue weighted by Gasteiger charge is 2.01. The zero-order valence-electron chi connectivity index (χ0n) is 10.3. The van der Waals surface area contributed by atoms with E-state index in [4.69, 9.17) is 0 Å². The molecule has 0 radical (unpaired) electrons. The zero-order valence-corrected chi connectivity index (χ0v) is 11.9. The minimum absolute atomic E-state index is 0.584. The van der Waals surface area contributed by atoms with Gasteiger partial charge in [0.25, 0.3) is 0 Å². The van der Waals surface area contributed by atoms with Crippen molar-refractivity contribution in [2.45, 2.75) is 13.8 Å². The van der Waals surface area contributed by atoms with E-state index in [-0.39, 0.29) is 0 Å². The third-order valence-corrected chi connectivity index (χ3v) is 3.67. The summed E-state index contributed by atoms with van der Waals surface area (Å²) in [4.78, 5) is 0. The number of hydrogen-bond acceptors (Lipinski definition) is 0. The van der Waals surface area contributed by atoms with Crippen molar-refractivity contribution in [2.75, 3.05) is 5.33 Å². The Morgan fingerprint density at radius 1 is 1.12 bits per heavy atom. The topological polar surface area (TPSA) is 0 Å². The number of halogens is 1. The fourth-order valence-electron chi connectivity index (χ4n) is 1.87. The van der Waals surface area contributed by atoms with Gasteiger partial charge in [-0.3, -0.25) is 0 Å². The highest BCUT2D eigenvalue weighted by atomic mass is 79.9. The maximum atomic E-state index is 3.56. The summed E-state index contributed by atoms with van der Waals surface area (Å²) < 4.78 is 0. The Labute approximate surface area is 111 Å². The molecule has 0 aliphatic carbocycles. The number of benzene rings is 2. The van der Waals surface area contributed by atoms with E-state index in [9.17, 15) is 0 Å². The van der Waals surface area contributed by atoms with Crippen LogP contribution >= 0.6 is 15.9 Å². The molecule has 0 saturated heterocycles. The molecule has 0 N–H and O–H groups in total. The normalized spacial score (nSPS) is 12.4. The van der Waals surface area contributed by atoms with Crippen molar-refractivity contribution in [2.24, 2.45) is 5.92 Å². The van der Waals surface area contributed by atoms with Crippen LogP contribution in [0.5, 0.6) is 0 Å². The Kier molecular flexibility index (Phi) is 4.01. The van der Waals surface area contributed by atoms with Crippen molar-refractivity contribution < 1.29 is 0 Å². The lowest BCUT2D eigenvalue weighted by Crippen LogP contribution is -1.94. The van der Waals surface area contributed by atoms with Gasteiger partial charge >= 0.3 is 0 Å². The predicted molar refractivity (Wildman–Crippen MR) is 80.6 cm³/mol. The van der Waals surface area contributed by atoms with Gasteiger partial charge in [0, 0.05) is 5.33 Å². The molecular weight excluding hydrogens is 272 g/mol. The first-order chi connectivity index (χ1) is 8.20. The van der Waals surface area contributed by atoms with Crippen molar-refractivity contribution in [1.29, 1.82) is 0 Å². The Bertz CT molecular complexity index is 538. The first-order valence-electron chi connectivity index (χ1n) is 5.96. The van der Waals surface area contributed by atoms with Crippen LogP contribution < -0.4 is 0 Å². The molecule has 17 heavy (non-hydrogen) atoms. The molecule has 2 aromatic carbocycles.